The lowest BCUT2D eigenvalue weighted by Gasteiger charge is -2.12. The van der Waals surface area contributed by atoms with Crippen LogP contribution in [0.15, 0.2) is 48.7 Å². The third-order valence-electron chi connectivity index (χ3n) is 5.45. The van der Waals surface area contributed by atoms with Gasteiger partial charge < -0.3 is 30.2 Å². The molecule has 4 N–H and O–H groups in total. The second-order valence-electron chi connectivity index (χ2n) is 8.33. The molecule has 0 amide bonds. The van der Waals surface area contributed by atoms with E-state index in [0.29, 0.717) is 12.2 Å². The van der Waals surface area contributed by atoms with E-state index in [2.05, 4.69) is 60.5 Å². The number of carbonyl (C=O) groups is 2. The fourth-order valence-corrected chi connectivity index (χ4v) is 3.82. The Balaban J connectivity index is 0.000000371. The molecule has 4 aromatic rings. The Morgan fingerprint density at radius 1 is 1.11 bits per heavy atom. The highest BCUT2D eigenvalue weighted by Crippen LogP contribution is 2.37. The second-order valence-corrected chi connectivity index (χ2v) is 8.33. The van der Waals surface area contributed by atoms with Crippen molar-refractivity contribution in [3.63, 3.8) is 0 Å². The van der Waals surface area contributed by atoms with Gasteiger partial charge in [-0.25, -0.2) is 14.6 Å². The van der Waals surface area contributed by atoms with Gasteiger partial charge in [0.2, 0.25) is 0 Å². The van der Waals surface area contributed by atoms with E-state index in [1.165, 1.54) is 16.2 Å². The van der Waals surface area contributed by atoms with Crippen molar-refractivity contribution >= 4 is 50.3 Å². The van der Waals surface area contributed by atoms with Crippen LogP contribution in [0.2, 0.25) is 0 Å². The van der Waals surface area contributed by atoms with Crippen LogP contribution in [0.3, 0.4) is 0 Å². The van der Waals surface area contributed by atoms with Gasteiger partial charge in [-0.15, -0.1) is 0 Å². The van der Waals surface area contributed by atoms with Crippen molar-refractivity contribution in [3.05, 3.63) is 54.2 Å². The molecule has 0 saturated carbocycles. The number of aliphatic carboxylic acids is 2. The molecule has 0 fully saturated rings. The maximum Gasteiger partial charge on any atom is 0.328 e. The van der Waals surface area contributed by atoms with E-state index in [0.717, 1.165) is 53.1 Å². The van der Waals surface area contributed by atoms with Crippen LogP contribution in [0.5, 0.6) is 5.75 Å². The maximum absolute atomic E-state index is 9.55. The summed E-state index contributed by atoms with van der Waals surface area (Å²) in [4.78, 5) is 29.6. The normalized spacial score (nSPS) is 11.2. The van der Waals surface area contributed by atoms with Crippen molar-refractivity contribution in [1.82, 2.24) is 14.9 Å². The third-order valence-corrected chi connectivity index (χ3v) is 5.45. The lowest BCUT2D eigenvalue weighted by molar-refractivity contribution is -0.134. The van der Waals surface area contributed by atoms with Gasteiger partial charge in [0.1, 0.15) is 11.6 Å². The van der Waals surface area contributed by atoms with Crippen LogP contribution in [-0.2, 0) is 9.59 Å². The largest absolute Gasteiger partial charge is 0.497 e. The predicted octanol–water partition coefficient (Wildman–Crippen LogP) is 4.26. The van der Waals surface area contributed by atoms with Crippen LogP contribution in [0.25, 0.3) is 32.6 Å². The van der Waals surface area contributed by atoms with Crippen molar-refractivity contribution in [2.75, 3.05) is 39.6 Å². The molecule has 2 aromatic carbocycles. The molecule has 35 heavy (non-hydrogen) atoms. The van der Waals surface area contributed by atoms with Crippen LogP contribution < -0.4 is 10.1 Å². The zero-order valence-electron chi connectivity index (χ0n) is 20.3. The molecule has 184 valence electrons. The van der Waals surface area contributed by atoms with E-state index in [1.54, 1.807) is 7.11 Å². The average Bonchev–Trinajstić information content (AvgIpc) is 3.23. The van der Waals surface area contributed by atoms with Crippen LogP contribution in [0, 0.1) is 6.92 Å². The van der Waals surface area contributed by atoms with Gasteiger partial charge >= 0.3 is 11.9 Å². The SMILES string of the molecule is COc1ccc2ccc3[nH]c4c(C)cnc(NCCCN(C)C)c4c3c2c1.O=C(O)/C=C/C(=O)O. The Morgan fingerprint density at radius 3 is 2.43 bits per heavy atom. The molecule has 9 nitrogen and oxygen atoms in total. The number of aromatic nitrogens is 2. The van der Waals surface area contributed by atoms with Gasteiger partial charge in [-0.1, -0.05) is 12.1 Å². The Labute approximate surface area is 203 Å². The molecule has 0 aliphatic rings. The Hall–Kier alpha value is -4.11. The summed E-state index contributed by atoms with van der Waals surface area (Å²) in [5.41, 5.74) is 3.42. The number of anilines is 1. The monoisotopic (exact) mass is 478 g/mol. The molecular formula is C26H30N4O5. The zero-order chi connectivity index (χ0) is 25.5. The third kappa shape index (κ3) is 6.27. The summed E-state index contributed by atoms with van der Waals surface area (Å²) < 4.78 is 5.47. The fraction of sp³-hybridized carbons (Fsp3) is 0.269. The molecule has 0 atom stereocenters. The molecule has 0 unspecified atom stereocenters. The number of aryl methyl sites for hydroxylation is 1. The van der Waals surface area contributed by atoms with E-state index in [-0.39, 0.29) is 0 Å². The number of nitrogens with zero attached hydrogens (tertiary/aromatic N) is 2. The van der Waals surface area contributed by atoms with Crippen LogP contribution in [0.1, 0.15) is 12.0 Å². The molecule has 9 heteroatoms. The first kappa shape index (κ1) is 25.5. The molecule has 0 aliphatic carbocycles. The molecule has 0 radical (unpaired) electrons. The maximum atomic E-state index is 9.55. The highest BCUT2D eigenvalue weighted by atomic mass is 16.5. The van der Waals surface area contributed by atoms with Crippen molar-refractivity contribution in [3.8, 4) is 5.75 Å². The average molecular weight is 479 g/mol. The molecule has 0 saturated heterocycles. The van der Waals surface area contributed by atoms with Gasteiger partial charge in [-0.05, 0) is 68.5 Å². The lowest BCUT2D eigenvalue weighted by atomic mass is 10.0. The Bertz CT molecular complexity index is 1380. The number of benzene rings is 2. The van der Waals surface area contributed by atoms with Crippen molar-refractivity contribution in [2.24, 2.45) is 0 Å². The number of nitrogens with one attached hydrogen (secondary N) is 2. The molecule has 4 rings (SSSR count). The summed E-state index contributed by atoms with van der Waals surface area (Å²) in [5, 5.41) is 23.9. The number of H-pyrrole nitrogens is 1. The fourth-order valence-electron chi connectivity index (χ4n) is 3.82. The summed E-state index contributed by atoms with van der Waals surface area (Å²) in [7, 11) is 5.91. The number of hydrogen-bond acceptors (Lipinski definition) is 6. The zero-order valence-corrected chi connectivity index (χ0v) is 20.3. The Kier molecular flexibility index (Phi) is 8.27. The van der Waals surface area contributed by atoms with E-state index < -0.39 is 11.9 Å². The van der Waals surface area contributed by atoms with Gasteiger partial charge in [-0.3, -0.25) is 0 Å². The van der Waals surface area contributed by atoms with Crippen molar-refractivity contribution in [2.45, 2.75) is 13.3 Å². The number of carboxylic acids is 2. The number of pyridine rings is 1. The van der Waals surface area contributed by atoms with E-state index in [9.17, 15) is 9.59 Å². The lowest BCUT2D eigenvalue weighted by Crippen LogP contribution is -2.16. The van der Waals surface area contributed by atoms with E-state index in [4.69, 9.17) is 19.9 Å². The summed E-state index contributed by atoms with van der Waals surface area (Å²) in [6, 6.07) is 10.5. The van der Waals surface area contributed by atoms with Crippen molar-refractivity contribution < 1.29 is 24.5 Å². The van der Waals surface area contributed by atoms with E-state index in [1.807, 2.05) is 12.3 Å². The number of aromatic amines is 1. The summed E-state index contributed by atoms with van der Waals surface area (Å²) >= 11 is 0. The molecular weight excluding hydrogens is 448 g/mol. The minimum atomic E-state index is -1.26. The highest BCUT2D eigenvalue weighted by Gasteiger charge is 2.15. The first-order valence-corrected chi connectivity index (χ1v) is 11.1. The number of carboxylic acid groups (broad SMARTS) is 2. The van der Waals surface area contributed by atoms with Crippen molar-refractivity contribution in [1.29, 1.82) is 0 Å². The molecule has 0 aliphatic heterocycles. The van der Waals surface area contributed by atoms with Crippen LogP contribution >= 0.6 is 0 Å². The number of rotatable bonds is 8. The van der Waals surface area contributed by atoms with Gasteiger partial charge in [0, 0.05) is 35.8 Å². The standard InChI is InChI=1S/C22H26N4O.C4H4O4/c1-14-13-24-22(23-10-5-11-26(2)3)20-19-17-12-16(27-4)8-6-15(17)7-9-18(19)25-21(14)20;5-3(6)1-2-4(7)8/h6-9,12-13,25H,5,10-11H2,1-4H3,(H,23,24);1-2H,(H,5,6)(H,7,8)/b;2-1+. The number of fused-ring (bicyclic) bond motifs is 5. The van der Waals surface area contributed by atoms with E-state index >= 15 is 0 Å². The number of hydrogen-bond donors (Lipinski definition) is 4. The van der Waals surface area contributed by atoms with Gasteiger partial charge in [0.05, 0.1) is 18.0 Å². The first-order valence-electron chi connectivity index (χ1n) is 11.1. The summed E-state index contributed by atoms with van der Waals surface area (Å²) in [5.74, 6) is -0.707. The topological polar surface area (TPSA) is 128 Å². The number of ether oxygens (including phenoxy) is 1. The predicted molar refractivity (Wildman–Crippen MR) is 138 cm³/mol. The van der Waals surface area contributed by atoms with Gasteiger partial charge in [0.15, 0.2) is 0 Å². The summed E-state index contributed by atoms with van der Waals surface area (Å²) in [6.45, 7) is 4.05. The minimum Gasteiger partial charge on any atom is -0.497 e. The van der Waals surface area contributed by atoms with Crippen LogP contribution in [0.4, 0.5) is 5.82 Å². The number of methoxy groups -OCH3 is 1. The smallest absolute Gasteiger partial charge is 0.328 e. The Morgan fingerprint density at radius 2 is 1.80 bits per heavy atom. The molecule has 0 bridgehead atoms. The second kappa shape index (κ2) is 11.3. The summed E-state index contributed by atoms with van der Waals surface area (Å²) in [6.07, 6.45) is 4.13. The first-order chi connectivity index (χ1) is 16.7. The van der Waals surface area contributed by atoms with Crippen LogP contribution in [-0.4, -0.2) is 71.3 Å². The molecule has 2 aromatic heterocycles. The quantitative estimate of drug-likeness (QED) is 0.218. The minimum absolute atomic E-state index is 0.558. The highest BCUT2D eigenvalue weighted by molar-refractivity contribution is 6.23. The molecule has 0 spiro atoms. The van der Waals surface area contributed by atoms with Gasteiger partial charge in [-0.2, -0.15) is 0 Å². The van der Waals surface area contributed by atoms with Gasteiger partial charge in [0.25, 0.3) is 0 Å². The molecule has 2 heterocycles.